The Kier molecular flexibility index (Phi) is 3.01. The highest BCUT2D eigenvalue weighted by atomic mass is 16.8. The minimum atomic E-state index is -0.664. The Balaban J connectivity index is 1.62. The third-order valence-electron chi connectivity index (χ3n) is 7.48. The fourth-order valence-electron chi connectivity index (χ4n) is 6.11. The molecule has 1 saturated carbocycles. The number of hydrogen-bond acceptors (Lipinski definition) is 5. The van der Waals surface area contributed by atoms with Crippen molar-refractivity contribution in [2.45, 2.75) is 63.3 Å². The Morgan fingerprint density at radius 2 is 1.96 bits per heavy atom. The Hall–Kier alpha value is -0.720. The Morgan fingerprint density at radius 3 is 2.68 bits per heavy atom. The predicted molar refractivity (Wildman–Crippen MR) is 90.9 cm³/mol. The first-order valence-electron chi connectivity index (χ1n) is 9.28. The van der Waals surface area contributed by atoms with Crippen molar-refractivity contribution in [3.05, 3.63) is 23.3 Å². The van der Waals surface area contributed by atoms with E-state index < -0.39 is 11.6 Å². The zero-order valence-corrected chi connectivity index (χ0v) is 15.8. The second-order valence-corrected chi connectivity index (χ2v) is 8.85. The molecule has 2 aliphatic heterocycles. The lowest BCUT2D eigenvalue weighted by atomic mass is 9.60. The molecule has 1 spiro atoms. The first-order valence-corrected chi connectivity index (χ1v) is 9.28. The summed E-state index contributed by atoms with van der Waals surface area (Å²) in [7, 11) is 3.45. The molecule has 0 aromatic carbocycles. The fraction of sp³-hybridized carbons (Fsp3) is 0.800. The van der Waals surface area contributed by atoms with Crippen molar-refractivity contribution in [3.8, 4) is 0 Å². The van der Waals surface area contributed by atoms with Crippen molar-refractivity contribution in [1.82, 2.24) is 0 Å². The van der Waals surface area contributed by atoms with E-state index in [1.165, 1.54) is 11.1 Å². The van der Waals surface area contributed by atoms with Crippen LogP contribution in [0.3, 0.4) is 0 Å². The molecule has 0 amide bonds. The van der Waals surface area contributed by atoms with Crippen LogP contribution >= 0.6 is 0 Å². The van der Waals surface area contributed by atoms with Crippen molar-refractivity contribution < 1.29 is 23.7 Å². The molecular weight excluding hydrogens is 320 g/mol. The summed E-state index contributed by atoms with van der Waals surface area (Å²) in [4.78, 5) is 0. The van der Waals surface area contributed by atoms with Gasteiger partial charge in [0, 0.05) is 19.6 Å². The summed E-state index contributed by atoms with van der Waals surface area (Å²) in [5, 5.41) is 0. The van der Waals surface area contributed by atoms with Gasteiger partial charge in [0.05, 0.1) is 18.6 Å². The quantitative estimate of drug-likeness (QED) is 0.731. The van der Waals surface area contributed by atoms with Crippen LogP contribution in [0.1, 0.15) is 40.0 Å². The van der Waals surface area contributed by atoms with Gasteiger partial charge >= 0.3 is 0 Å². The van der Waals surface area contributed by atoms with Gasteiger partial charge in [-0.2, -0.15) is 0 Å². The van der Waals surface area contributed by atoms with Gasteiger partial charge in [0.15, 0.2) is 11.6 Å². The standard InChI is InChI=1S/C20H28O5/c1-16(2)24-15-14(13-8-6-7-9-20(13,15)25-16)18-10-19(18,12-23-11-18)17(3,21-4)22-5/h6,8,15H,7,9-12H2,1-5H3/t15-,18-,19-,20+/m0/s1. The van der Waals surface area contributed by atoms with Crippen LogP contribution in [0.15, 0.2) is 23.3 Å². The Bertz CT molecular complexity index is 690. The van der Waals surface area contributed by atoms with Gasteiger partial charge < -0.3 is 23.7 Å². The molecule has 2 heterocycles. The SMILES string of the molecule is COC(C)(OC)[C@]12COC[C@]1(C1=C3C=CCC[C@@]34OC(C)(C)O[C@@H]14)C2. The smallest absolute Gasteiger partial charge is 0.173 e. The maximum Gasteiger partial charge on any atom is 0.173 e. The van der Waals surface area contributed by atoms with E-state index >= 15 is 0 Å². The van der Waals surface area contributed by atoms with Crippen molar-refractivity contribution in [2.75, 3.05) is 27.4 Å². The van der Waals surface area contributed by atoms with Gasteiger partial charge in [-0.05, 0) is 51.2 Å². The average Bonchev–Trinajstić information content (AvgIpc) is 3.01. The highest BCUT2D eigenvalue weighted by Crippen LogP contribution is 2.80. The second kappa shape index (κ2) is 4.57. The van der Waals surface area contributed by atoms with Crippen LogP contribution in [0.2, 0.25) is 0 Å². The molecule has 0 radical (unpaired) electrons. The number of allylic oxidation sites excluding steroid dienone is 1. The predicted octanol–water partition coefficient (Wildman–Crippen LogP) is 2.95. The molecular formula is C20H28O5. The minimum Gasteiger partial charge on any atom is -0.380 e. The van der Waals surface area contributed by atoms with E-state index in [1.54, 1.807) is 14.2 Å². The van der Waals surface area contributed by atoms with Crippen molar-refractivity contribution in [3.63, 3.8) is 0 Å². The van der Waals surface area contributed by atoms with E-state index in [0.29, 0.717) is 13.2 Å². The Labute approximate surface area is 149 Å². The first kappa shape index (κ1) is 16.5. The van der Waals surface area contributed by atoms with Crippen molar-refractivity contribution in [1.29, 1.82) is 0 Å². The van der Waals surface area contributed by atoms with E-state index in [9.17, 15) is 0 Å². The third-order valence-corrected chi connectivity index (χ3v) is 7.48. The van der Waals surface area contributed by atoms with Gasteiger partial charge in [0.25, 0.3) is 0 Å². The van der Waals surface area contributed by atoms with Gasteiger partial charge in [0.1, 0.15) is 11.7 Å². The second-order valence-electron chi connectivity index (χ2n) is 8.85. The zero-order chi connectivity index (χ0) is 17.7. The van der Waals surface area contributed by atoms with Crippen LogP contribution in [0.25, 0.3) is 0 Å². The van der Waals surface area contributed by atoms with Crippen molar-refractivity contribution in [2.24, 2.45) is 10.8 Å². The van der Waals surface area contributed by atoms with Gasteiger partial charge in [-0.25, -0.2) is 0 Å². The molecule has 3 aliphatic carbocycles. The largest absolute Gasteiger partial charge is 0.380 e. The normalized spacial score (nSPS) is 46.5. The van der Waals surface area contributed by atoms with Gasteiger partial charge in [0.2, 0.25) is 0 Å². The zero-order valence-electron chi connectivity index (χ0n) is 15.8. The number of rotatable bonds is 4. The van der Waals surface area contributed by atoms with Crippen LogP contribution in [-0.2, 0) is 23.7 Å². The molecule has 5 aliphatic rings. The summed E-state index contributed by atoms with van der Waals surface area (Å²) >= 11 is 0. The summed E-state index contributed by atoms with van der Waals surface area (Å²) in [5.41, 5.74) is 2.20. The molecule has 5 nitrogen and oxygen atoms in total. The summed E-state index contributed by atoms with van der Waals surface area (Å²) in [6.45, 7) is 7.44. The summed E-state index contributed by atoms with van der Waals surface area (Å²) in [6, 6.07) is 0. The molecule has 2 saturated heterocycles. The molecule has 4 atom stereocenters. The van der Waals surface area contributed by atoms with Gasteiger partial charge in [-0.3, -0.25) is 0 Å². The molecule has 3 fully saturated rings. The van der Waals surface area contributed by atoms with Crippen LogP contribution in [0, 0.1) is 10.8 Å². The minimum absolute atomic E-state index is 0.0176. The van der Waals surface area contributed by atoms with E-state index in [-0.39, 0.29) is 22.5 Å². The fourth-order valence-corrected chi connectivity index (χ4v) is 6.11. The van der Waals surface area contributed by atoms with E-state index in [1.807, 2.05) is 20.8 Å². The highest BCUT2D eigenvalue weighted by Gasteiger charge is 2.84. The maximum absolute atomic E-state index is 6.43. The van der Waals surface area contributed by atoms with Gasteiger partial charge in [-0.15, -0.1) is 0 Å². The van der Waals surface area contributed by atoms with E-state index in [0.717, 1.165) is 19.3 Å². The Morgan fingerprint density at radius 1 is 1.20 bits per heavy atom. The molecule has 5 rings (SSSR count). The summed E-state index contributed by atoms with van der Waals surface area (Å²) in [6.07, 6.45) is 7.58. The monoisotopic (exact) mass is 348 g/mol. The lowest BCUT2D eigenvalue weighted by Gasteiger charge is -2.50. The average molecular weight is 348 g/mol. The lowest BCUT2D eigenvalue weighted by molar-refractivity contribution is -0.243. The van der Waals surface area contributed by atoms with Gasteiger partial charge in [-0.1, -0.05) is 12.2 Å². The van der Waals surface area contributed by atoms with E-state index in [4.69, 9.17) is 23.7 Å². The number of fused-ring (bicyclic) bond motifs is 1. The molecule has 0 aromatic heterocycles. The van der Waals surface area contributed by atoms with Crippen LogP contribution in [-0.4, -0.2) is 50.7 Å². The van der Waals surface area contributed by atoms with E-state index in [2.05, 4.69) is 12.2 Å². The molecule has 0 unspecified atom stereocenters. The number of methoxy groups -OCH3 is 2. The van der Waals surface area contributed by atoms with Crippen molar-refractivity contribution >= 4 is 0 Å². The molecule has 25 heavy (non-hydrogen) atoms. The summed E-state index contributed by atoms with van der Waals surface area (Å²) in [5.74, 6) is -1.22. The third kappa shape index (κ3) is 1.64. The topological polar surface area (TPSA) is 46.2 Å². The highest BCUT2D eigenvalue weighted by molar-refractivity contribution is 5.59. The molecule has 5 heteroatoms. The molecule has 0 N–H and O–H groups in total. The molecule has 0 bridgehead atoms. The van der Waals surface area contributed by atoms with Crippen LogP contribution in [0.4, 0.5) is 0 Å². The van der Waals surface area contributed by atoms with Crippen LogP contribution < -0.4 is 0 Å². The maximum atomic E-state index is 6.43. The lowest BCUT2D eigenvalue weighted by Crippen LogP contribution is -2.56. The van der Waals surface area contributed by atoms with Crippen LogP contribution in [0.5, 0.6) is 0 Å². The number of hydrogen-bond donors (Lipinski definition) is 0. The molecule has 0 aromatic rings. The number of ether oxygens (including phenoxy) is 5. The summed E-state index contributed by atoms with van der Waals surface area (Å²) < 4.78 is 30.5. The first-order chi connectivity index (χ1) is 11.8. The molecule has 138 valence electrons.